The van der Waals surface area contributed by atoms with Crippen molar-refractivity contribution in [2.45, 2.75) is 6.61 Å². The second-order valence-corrected chi connectivity index (χ2v) is 4.66. The lowest BCUT2D eigenvalue weighted by Crippen LogP contribution is -2.19. The molecule has 3 N–H and O–H groups in total. The molecule has 9 heteroatoms. The molecular weight excluding hydrogens is 322 g/mol. The summed E-state index contributed by atoms with van der Waals surface area (Å²) in [4.78, 5) is 23.2. The first-order valence-corrected chi connectivity index (χ1v) is 6.72. The van der Waals surface area contributed by atoms with Crippen molar-refractivity contribution in [3.63, 3.8) is 0 Å². The van der Waals surface area contributed by atoms with Crippen molar-refractivity contribution >= 4 is 23.6 Å². The number of anilines is 1. The number of aromatic nitrogens is 2. The van der Waals surface area contributed by atoms with Crippen molar-refractivity contribution in [2.24, 2.45) is 12.8 Å². The third-order valence-electron chi connectivity index (χ3n) is 2.96. The average molecular weight is 336 g/mol. The summed E-state index contributed by atoms with van der Waals surface area (Å²) >= 11 is 0. The van der Waals surface area contributed by atoms with Crippen LogP contribution in [0, 0.1) is 0 Å². The van der Waals surface area contributed by atoms with Gasteiger partial charge in [0.15, 0.2) is 0 Å². The number of alkyl halides is 2. The van der Waals surface area contributed by atoms with Crippen molar-refractivity contribution in [3.8, 4) is 5.75 Å². The van der Waals surface area contributed by atoms with Crippen LogP contribution in [0.5, 0.6) is 5.75 Å². The molecule has 0 radical (unpaired) electrons. The molecule has 0 saturated heterocycles. The smallest absolute Gasteiger partial charge is 0.387 e. The maximum absolute atomic E-state index is 12.0. The Morgan fingerprint density at radius 3 is 2.58 bits per heavy atom. The number of hydrogen-bond acceptors (Lipinski definition) is 4. The van der Waals surface area contributed by atoms with Crippen LogP contribution < -0.4 is 15.8 Å². The van der Waals surface area contributed by atoms with E-state index in [0.29, 0.717) is 5.56 Å². The molecule has 0 saturated carbocycles. The molecule has 24 heavy (non-hydrogen) atoms. The molecule has 2 aromatic rings. The maximum atomic E-state index is 12.0. The number of amides is 2. The molecule has 1 aromatic carbocycles. The Labute approximate surface area is 135 Å². The summed E-state index contributed by atoms with van der Waals surface area (Å²) in [5.41, 5.74) is 6.09. The van der Waals surface area contributed by atoms with Gasteiger partial charge >= 0.3 is 6.61 Å². The quantitative estimate of drug-likeness (QED) is 0.785. The molecule has 126 valence electrons. The third kappa shape index (κ3) is 4.38. The maximum Gasteiger partial charge on any atom is 0.387 e. The fourth-order valence-corrected chi connectivity index (χ4v) is 1.93. The van der Waals surface area contributed by atoms with E-state index < -0.39 is 18.4 Å². The van der Waals surface area contributed by atoms with Gasteiger partial charge in [-0.05, 0) is 23.8 Å². The van der Waals surface area contributed by atoms with Gasteiger partial charge < -0.3 is 15.8 Å². The van der Waals surface area contributed by atoms with Crippen LogP contribution in [0.4, 0.5) is 14.5 Å². The van der Waals surface area contributed by atoms with Gasteiger partial charge in [-0.1, -0.05) is 12.1 Å². The second kappa shape index (κ2) is 7.36. The van der Waals surface area contributed by atoms with E-state index >= 15 is 0 Å². The summed E-state index contributed by atoms with van der Waals surface area (Å²) in [5, 5.41) is 6.33. The number of ether oxygens (including phenoxy) is 1. The first-order valence-electron chi connectivity index (χ1n) is 6.72. The van der Waals surface area contributed by atoms with Crippen molar-refractivity contribution in [2.75, 3.05) is 5.32 Å². The molecule has 2 amide bonds. The van der Waals surface area contributed by atoms with Crippen LogP contribution >= 0.6 is 0 Å². The van der Waals surface area contributed by atoms with E-state index in [4.69, 9.17) is 5.73 Å². The topological polar surface area (TPSA) is 99.2 Å². The third-order valence-corrected chi connectivity index (χ3v) is 2.96. The lowest BCUT2D eigenvalue weighted by Gasteiger charge is -2.04. The van der Waals surface area contributed by atoms with Gasteiger partial charge in [0.05, 0.1) is 11.9 Å². The SMILES string of the molecule is Cn1ncc(NC(=O)/C=C\c2ccc(OC(F)F)cc2)c1C(N)=O. The van der Waals surface area contributed by atoms with E-state index in [1.54, 1.807) is 0 Å². The number of aryl methyl sites for hydroxylation is 1. The van der Waals surface area contributed by atoms with Gasteiger partial charge in [0.25, 0.3) is 5.91 Å². The van der Waals surface area contributed by atoms with Crippen LogP contribution in [-0.4, -0.2) is 28.2 Å². The molecule has 7 nitrogen and oxygen atoms in total. The van der Waals surface area contributed by atoms with Crippen LogP contribution in [0.3, 0.4) is 0 Å². The highest BCUT2D eigenvalue weighted by molar-refractivity contribution is 6.06. The summed E-state index contributed by atoms with van der Waals surface area (Å²) in [6.07, 6.45) is 4.00. The molecule has 1 heterocycles. The molecule has 0 aliphatic heterocycles. The lowest BCUT2D eigenvalue weighted by molar-refractivity contribution is -0.111. The first-order chi connectivity index (χ1) is 11.4. The zero-order chi connectivity index (χ0) is 17.7. The van der Waals surface area contributed by atoms with Gasteiger partial charge in [-0.15, -0.1) is 0 Å². The molecule has 0 unspecified atom stereocenters. The van der Waals surface area contributed by atoms with Crippen LogP contribution in [0.2, 0.25) is 0 Å². The number of carbonyl (C=O) groups is 2. The molecule has 0 bridgehead atoms. The highest BCUT2D eigenvalue weighted by atomic mass is 19.3. The largest absolute Gasteiger partial charge is 0.435 e. The molecule has 0 aliphatic rings. The predicted molar refractivity (Wildman–Crippen MR) is 82.5 cm³/mol. The Morgan fingerprint density at radius 2 is 2.00 bits per heavy atom. The van der Waals surface area contributed by atoms with Crippen LogP contribution in [0.25, 0.3) is 6.08 Å². The number of nitrogens with one attached hydrogen (secondary N) is 1. The summed E-state index contributed by atoms with van der Waals surface area (Å²) < 4.78 is 29.6. The highest BCUT2D eigenvalue weighted by Crippen LogP contribution is 2.16. The van der Waals surface area contributed by atoms with Crippen molar-refractivity contribution in [1.82, 2.24) is 9.78 Å². The Balaban J connectivity index is 2.02. The summed E-state index contributed by atoms with van der Waals surface area (Å²) in [6, 6.07) is 5.74. The van der Waals surface area contributed by atoms with E-state index in [9.17, 15) is 18.4 Å². The highest BCUT2D eigenvalue weighted by Gasteiger charge is 2.14. The van der Waals surface area contributed by atoms with Crippen LogP contribution in [0.1, 0.15) is 16.1 Å². The van der Waals surface area contributed by atoms with E-state index in [1.165, 1.54) is 54.3 Å². The van der Waals surface area contributed by atoms with Gasteiger partial charge in [-0.3, -0.25) is 14.3 Å². The number of hydrogen-bond donors (Lipinski definition) is 2. The molecular formula is C15H14F2N4O3. The minimum Gasteiger partial charge on any atom is -0.435 e. The molecule has 0 fully saturated rings. The van der Waals surface area contributed by atoms with Crippen LogP contribution in [-0.2, 0) is 11.8 Å². The summed E-state index contributed by atoms with van der Waals surface area (Å²) in [7, 11) is 1.52. The zero-order valence-electron chi connectivity index (χ0n) is 12.6. The number of nitrogens with two attached hydrogens (primary N) is 1. The molecule has 0 aliphatic carbocycles. The zero-order valence-corrected chi connectivity index (χ0v) is 12.6. The van der Waals surface area contributed by atoms with E-state index in [0.717, 1.165) is 0 Å². The van der Waals surface area contributed by atoms with E-state index in [1.807, 2.05) is 0 Å². The van der Waals surface area contributed by atoms with Crippen molar-refractivity contribution in [3.05, 3.63) is 47.8 Å². The van der Waals surface area contributed by atoms with Crippen molar-refractivity contribution < 1.29 is 23.1 Å². The van der Waals surface area contributed by atoms with Gasteiger partial charge in [0.2, 0.25) is 5.91 Å². The normalized spacial score (nSPS) is 11.0. The number of halogens is 2. The molecule has 1 aromatic heterocycles. The fraction of sp³-hybridized carbons (Fsp3) is 0.133. The number of nitrogens with zero attached hydrogens (tertiary/aromatic N) is 2. The summed E-state index contributed by atoms with van der Waals surface area (Å²) in [6.45, 7) is -2.89. The number of carbonyl (C=O) groups excluding carboxylic acids is 2. The Kier molecular flexibility index (Phi) is 5.25. The lowest BCUT2D eigenvalue weighted by atomic mass is 10.2. The van der Waals surface area contributed by atoms with Crippen molar-refractivity contribution in [1.29, 1.82) is 0 Å². The molecule has 2 rings (SSSR count). The first kappa shape index (κ1) is 17.1. The number of benzene rings is 1. The van der Waals surface area contributed by atoms with Gasteiger partial charge in [0.1, 0.15) is 11.4 Å². The molecule has 0 spiro atoms. The Morgan fingerprint density at radius 1 is 1.33 bits per heavy atom. The minimum atomic E-state index is -2.89. The van der Waals surface area contributed by atoms with E-state index in [-0.39, 0.29) is 17.1 Å². The predicted octanol–water partition coefficient (Wildman–Crippen LogP) is 1.77. The summed E-state index contributed by atoms with van der Waals surface area (Å²) in [5.74, 6) is -1.20. The average Bonchev–Trinajstić information content (AvgIpc) is 2.86. The number of rotatable bonds is 6. The Hall–Kier alpha value is -3.23. The van der Waals surface area contributed by atoms with Crippen LogP contribution in [0.15, 0.2) is 36.5 Å². The van der Waals surface area contributed by atoms with Gasteiger partial charge in [-0.25, -0.2) is 0 Å². The Bertz CT molecular complexity index is 770. The minimum absolute atomic E-state index is 0.0214. The molecule has 0 atom stereocenters. The number of primary amides is 1. The van der Waals surface area contributed by atoms with Gasteiger partial charge in [-0.2, -0.15) is 13.9 Å². The fourth-order valence-electron chi connectivity index (χ4n) is 1.93. The van der Waals surface area contributed by atoms with E-state index in [2.05, 4.69) is 15.2 Å². The monoisotopic (exact) mass is 336 g/mol. The van der Waals surface area contributed by atoms with Gasteiger partial charge in [0, 0.05) is 13.1 Å². The second-order valence-electron chi connectivity index (χ2n) is 4.66. The standard InChI is InChI=1S/C15H14F2N4O3/c1-21-13(14(18)23)11(8-19-21)20-12(22)7-4-9-2-5-10(6-3-9)24-15(16)17/h2-8,15H,1H3,(H2,18,23)(H,20,22)/b7-4-.